The minimum Gasteiger partial charge on any atom is -0.382 e. The number of anilines is 1. The molecule has 0 saturated carbocycles. The predicted octanol–water partition coefficient (Wildman–Crippen LogP) is 2.34. The Kier molecular flexibility index (Phi) is 2.37. The van der Waals surface area contributed by atoms with Gasteiger partial charge in [-0.3, -0.25) is 4.98 Å². The molecule has 2 N–H and O–H groups in total. The number of nitrogens with zero attached hydrogens (tertiary/aromatic N) is 2. The van der Waals surface area contributed by atoms with Crippen LogP contribution in [0.2, 0.25) is 0 Å². The van der Waals surface area contributed by atoms with E-state index < -0.39 is 0 Å². The van der Waals surface area contributed by atoms with E-state index in [2.05, 4.69) is 35.9 Å². The molecule has 0 spiro atoms. The Morgan fingerprint density at radius 3 is 2.33 bits per heavy atom. The quantitative estimate of drug-likeness (QED) is 0.767. The highest BCUT2D eigenvalue weighted by Crippen LogP contribution is 2.24. The van der Waals surface area contributed by atoms with Crippen molar-refractivity contribution in [3.8, 4) is 11.3 Å². The van der Waals surface area contributed by atoms with Crippen molar-refractivity contribution in [2.24, 2.45) is 0 Å². The van der Waals surface area contributed by atoms with Crippen LogP contribution in [0.1, 0.15) is 11.1 Å². The third kappa shape index (κ3) is 1.81. The van der Waals surface area contributed by atoms with Crippen molar-refractivity contribution in [2.75, 3.05) is 5.73 Å². The maximum atomic E-state index is 5.62. The van der Waals surface area contributed by atoms with Gasteiger partial charge in [0.15, 0.2) is 0 Å². The topological polar surface area (TPSA) is 51.8 Å². The number of benzene rings is 1. The molecule has 0 unspecified atom stereocenters. The first-order chi connectivity index (χ1) is 7.18. The van der Waals surface area contributed by atoms with Crippen molar-refractivity contribution in [1.82, 2.24) is 9.97 Å². The highest BCUT2D eigenvalue weighted by Gasteiger charge is 2.06. The van der Waals surface area contributed by atoms with Gasteiger partial charge in [-0.1, -0.05) is 18.2 Å². The van der Waals surface area contributed by atoms with E-state index in [1.54, 1.807) is 12.4 Å². The Hall–Kier alpha value is -1.90. The normalized spacial score (nSPS) is 10.3. The second kappa shape index (κ2) is 3.69. The molecule has 0 aliphatic carbocycles. The Morgan fingerprint density at radius 2 is 1.73 bits per heavy atom. The standard InChI is InChI=1S/C12H13N3/c1-8-4-3-5-9(2)12(8)10-6-14-7-11(13)15-10/h3-7H,1-2H3,(H2,13,15). The number of aromatic nitrogens is 2. The Bertz CT molecular complexity index is 472. The second-order valence-corrected chi connectivity index (χ2v) is 3.60. The zero-order chi connectivity index (χ0) is 10.8. The smallest absolute Gasteiger partial charge is 0.142 e. The van der Waals surface area contributed by atoms with Gasteiger partial charge in [-0.15, -0.1) is 0 Å². The summed E-state index contributed by atoms with van der Waals surface area (Å²) >= 11 is 0. The minimum absolute atomic E-state index is 0.454. The summed E-state index contributed by atoms with van der Waals surface area (Å²) < 4.78 is 0. The molecule has 1 heterocycles. The van der Waals surface area contributed by atoms with E-state index in [9.17, 15) is 0 Å². The van der Waals surface area contributed by atoms with Crippen LogP contribution in [-0.4, -0.2) is 9.97 Å². The fourth-order valence-electron chi connectivity index (χ4n) is 1.72. The van der Waals surface area contributed by atoms with Gasteiger partial charge in [0.1, 0.15) is 5.82 Å². The maximum Gasteiger partial charge on any atom is 0.142 e. The molecule has 0 atom stereocenters. The van der Waals surface area contributed by atoms with Crippen LogP contribution < -0.4 is 5.73 Å². The third-order valence-corrected chi connectivity index (χ3v) is 2.39. The minimum atomic E-state index is 0.454. The molecule has 1 aromatic carbocycles. The summed E-state index contributed by atoms with van der Waals surface area (Å²) in [5.41, 5.74) is 9.96. The summed E-state index contributed by atoms with van der Waals surface area (Å²) in [7, 11) is 0. The van der Waals surface area contributed by atoms with Gasteiger partial charge in [-0.2, -0.15) is 0 Å². The van der Waals surface area contributed by atoms with Crippen LogP contribution in [0.25, 0.3) is 11.3 Å². The highest BCUT2D eigenvalue weighted by atomic mass is 14.9. The van der Waals surface area contributed by atoms with Crippen LogP contribution >= 0.6 is 0 Å². The molecule has 15 heavy (non-hydrogen) atoms. The fraction of sp³-hybridized carbons (Fsp3) is 0.167. The number of rotatable bonds is 1. The lowest BCUT2D eigenvalue weighted by Gasteiger charge is -2.08. The molecule has 2 rings (SSSR count). The van der Waals surface area contributed by atoms with E-state index >= 15 is 0 Å². The van der Waals surface area contributed by atoms with Crippen LogP contribution in [0.3, 0.4) is 0 Å². The van der Waals surface area contributed by atoms with Crippen LogP contribution in [0, 0.1) is 13.8 Å². The van der Waals surface area contributed by atoms with Crippen molar-refractivity contribution in [2.45, 2.75) is 13.8 Å². The summed E-state index contributed by atoms with van der Waals surface area (Å²) in [5, 5.41) is 0. The SMILES string of the molecule is Cc1cccc(C)c1-c1cncc(N)n1. The fourth-order valence-corrected chi connectivity index (χ4v) is 1.72. The summed E-state index contributed by atoms with van der Waals surface area (Å²) in [6.45, 7) is 4.13. The molecule has 0 fully saturated rings. The van der Waals surface area contributed by atoms with E-state index in [1.165, 1.54) is 11.1 Å². The summed E-state index contributed by atoms with van der Waals surface area (Å²) in [6, 6.07) is 6.16. The molecule has 0 radical (unpaired) electrons. The van der Waals surface area contributed by atoms with Gasteiger partial charge in [0, 0.05) is 5.56 Å². The predicted molar refractivity (Wildman–Crippen MR) is 61.4 cm³/mol. The highest BCUT2D eigenvalue weighted by molar-refractivity contribution is 5.67. The van der Waals surface area contributed by atoms with Crippen LogP contribution in [0.5, 0.6) is 0 Å². The summed E-state index contributed by atoms with van der Waals surface area (Å²) in [6.07, 6.45) is 3.29. The second-order valence-electron chi connectivity index (χ2n) is 3.60. The van der Waals surface area contributed by atoms with Crippen LogP contribution in [-0.2, 0) is 0 Å². The number of aryl methyl sites for hydroxylation is 2. The average Bonchev–Trinajstić information content (AvgIpc) is 2.17. The maximum absolute atomic E-state index is 5.62. The van der Waals surface area contributed by atoms with Gasteiger partial charge in [0.05, 0.1) is 18.1 Å². The molecule has 0 aliphatic rings. The Morgan fingerprint density at radius 1 is 1.07 bits per heavy atom. The molecule has 0 bridgehead atoms. The lowest BCUT2D eigenvalue weighted by molar-refractivity contribution is 1.20. The van der Waals surface area contributed by atoms with Gasteiger partial charge < -0.3 is 5.73 Å². The molecule has 1 aromatic heterocycles. The molecule has 0 aliphatic heterocycles. The van der Waals surface area contributed by atoms with Gasteiger partial charge in [0.2, 0.25) is 0 Å². The molecule has 3 nitrogen and oxygen atoms in total. The Balaban J connectivity index is 2.63. The zero-order valence-corrected chi connectivity index (χ0v) is 8.86. The van der Waals surface area contributed by atoms with Crippen molar-refractivity contribution in [1.29, 1.82) is 0 Å². The summed E-state index contributed by atoms with van der Waals surface area (Å²) in [4.78, 5) is 8.34. The molecule has 76 valence electrons. The lowest BCUT2D eigenvalue weighted by Crippen LogP contribution is -1.96. The van der Waals surface area contributed by atoms with Crippen LogP contribution in [0.4, 0.5) is 5.82 Å². The average molecular weight is 199 g/mol. The van der Waals surface area contributed by atoms with E-state index in [0.29, 0.717) is 5.82 Å². The van der Waals surface area contributed by atoms with Gasteiger partial charge in [-0.05, 0) is 25.0 Å². The Labute approximate surface area is 89.0 Å². The van der Waals surface area contributed by atoms with Crippen molar-refractivity contribution < 1.29 is 0 Å². The van der Waals surface area contributed by atoms with Crippen molar-refractivity contribution in [3.05, 3.63) is 41.7 Å². The molecular formula is C12H13N3. The zero-order valence-electron chi connectivity index (χ0n) is 8.86. The van der Waals surface area contributed by atoms with E-state index in [4.69, 9.17) is 5.73 Å². The first-order valence-electron chi connectivity index (χ1n) is 4.82. The lowest BCUT2D eigenvalue weighted by atomic mass is 10.0. The first-order valence-corrected chi connectivity index (χ1v) is 4.82. The molecular weight excluding hydrogens is 186 g/mol. The van der Waals surface area contributed by atoms with Crippen molar-refractivity contribution >= 4 is 5.82 Å². The van der Waals surface area contributed by atoms with E-state index in [0.717, 1.165) is 11.3 Å². The molecule has 3 heteroatoms. The van der Waals surface area contributed by atoms with Gasteiger partial charge in [0.25, 0.3) is 0 Å². The van der Waals surface area contributed by atoms with Crippen molar-refractivity contribution in [3.63, 3.8) is 0 Å². The molecule has 2 aromatic rings. The van der Waals surface area contributed by atoms with Gasteiger partial charge in [-0.25, -0.2) is 4.98 Å². The molecule has 0 saturated heterocycles. The number of hydrogen-bond acceptors (Lipinski definition) is 3. The van der Waals surface area contributed by atoms with E-state index in [1.807, 2.05) is 6.07 Å². The van der Waals surface area contributed by atoms with Gasteiger partial charge >= 0.3 is 0 Å². The molecule has 0 amide bonds. The van der Waals surface area contributed by atoms with E-state index in [-0.39, 0.29) is 0 Å². The third-order valence-electron chi connectivity index (χ3n) is 2.39. The monoisotopic (exact) mass is 199 g/mol. The largest absolute Gasteiger partial charge is 0.382 e. The first kappa shape index (κ1) is 9.65. The summed E-state index contributed by atoms with van der Waals surface area (Å²) in [5.74, 6) is 0.454. The number of hydrogen-bond donors (Lipinski definition) is 1. The number of nitrogens with two attached hydrogens (primary N) is 1. The number of nitrogen functional groups attached to an aromatic ring is 1. The van der Waals surface area contributed by atoms with Crippen LogP contribution in [0.15, 0.2) is 30.6 Å².